The number of benzene rings is 1. The molecule has 0 saturated carbocycles. The maximum Gasteiger partial charge on any atom is 0.306 e. The van der Waals surface area contributed by atoms with Crippen LogP contribution in [0.5, 0.6) is 5.75 Å². The standard InChI is InChI=1S/C12H15ClO3/c1-3-16-12(14)7-4-9-8-10(13)5-6-11(9)15-2/h5-6,8H,3-4,7H2,1-2H3. The van der Waals surface area contributed by atoms with E-state index >= 15 is 0 Å². The van der Waals surface area contributed by atoms with E-state index in [1.807, 2.05) is 0 Å². The van der Waals surface area contributed by atoms with Crippen molar-refractivity contribution in [1.82, 2.24) is 0 Å². The van der Waals surface area contributed by atoms with Crippen LogP contribution >= 0.6 is 11.6 Å². The molecule has 3 nitrogen and oxygen atoms in total. The molecule has 0 aliphatic heterocycles. The molecule has 16 heavy (non-hydrogen) atoms. The molecule has 0 radical (unpaired) electrons. The van der Waals surface area contributed by atoms with Gasteiger partial charge in [0.25, 0.3) is 0 Å². The third kappa shape index (κ3) is 3.74. The first kappa shape index (κ1) is 12.8. The van der Waals surface area contributed by atoms with Crippen molar-refractivity contribution >= 4 is 17.6 Å². The number of halogens is 1. The van der Waals surface area contributed by atoms with E-state index in [4.69, 9.17) is 21.1 Å². The lowest BCUT2D eigenvalue weighted by Gasteiger charge is -2.08. The van der Waals surface area contributed by atoms with Gasteiger partial charge in [-0.2, -0.15) is 0 Å². The lowest BCUT2D eigenvalue weighted by atomic mass is 10.1. The molecule has 0 heterocycles. The Hall–Kier alpha value is -1.22. The average Bonchev–Trinajstić information content (AvgIpc) is 2.27. The zero-order valence-corrected chi connectivity index (χ0v) is 10.2. The van der Waals surface area contributed by atoms with E-state index in [0.29, 0.717) is 24.5 Å². The summed E-state index contributed by atoms with van der Waals surface area (Å²) >= 11 is 5.88. The molecule has 0 unspecified atom stereocenters. The number of methoxy groups -OCH3 is 1. The SMILES string of the molecule is CCOC(=O)CCc1cc(Cl)ccc1OC. The normalized spacial score (nSPS) is 9.94. The van der Waals surface area contributed by atoms with Crippen LogP contribution in [0.25, 0.3) is 0 Å². The Morgan fingerprint density at radius 2 is 2.19 bits per heavy atom. The van der Waals surface area contributed by atoms with Gasteiger partial charge in [-0.15, -0.1) is 0 Å². The van der Waals surface area contributed by atoms with Crippen molar-refractivity contribution in [3.05, 3.63) is 28.8 Å². The Balaban J connectivity index is 2.65. The largest absolute Gasteiger partial charge is 0.496 e. The summed E-state index contributed by atoms with van der Waals surface area (Å²) in [7, 11) is 1.59. The molecular formula is C12H15ClO3. The summed E-state index contributed by atoms with van der Waals surface area (Å²) in [6, 6.07) is 5.36. The molecule has 0 amide bonds. The molecule has 0 fully saturated rings. The van der Waals surface area contributed by atoms with Crippen LogP contribution in [0.4, 0.5) is 0 Å². The lowest BCUT2D eigenvalue weighted by molar-refractivity contribution is -0.143. The third-order valence-corrected chi connectivity index (χ3v) is 2.38. The van der Waals surface area contributed by atoms with Gasteiger partial charge < -0.3 is 9.47 Å². The van der Waals surface area contributed by atoms with Crippen molar-refractivity contribution in [2.75, 3.05) is 13.7 Å². The number of hydrogen-bond acceptors (Lipinski definition) is 3. The van der Waals surface area contributed by atoms with Crippen molar-refractivity contribution in [1.29, 1.82) is 0 Å². The van der Waals surface area contributed by atoms with Gasteiger partial charge in [-0.1, -0.05) is 11.6 Å². The maximum atomic E-state index is 11.2. The number of carbonyl (C=O) groups is 1. The molecule has 0 aliphatic rings. The van der Waals surface area contributed by atoms with Crippen LogP contribution in [0.1, 0.15) is 18.9 Å². The fraction of sp³-hybridized carbons (Fsp3) is 0.417. The second-order valence-corrected chi connectivity index (χ2v) is 3.70. The summed E-state index contributed by atoms with van der Waals surface area (Å²) in [5.41, 5.74) is 0.919. The molecule has 4 heteroatoms. The Morgan fingerprint density at radius 3 is 2.81 bits per heavy atom. The van der Waals surface area contributed by atoms with Crippen molar-refractivity contribution in [3.63, 3.8) is 0 Å². The molecular weight excluding hydrogens is 228 g/mol. The summed E-state index contributed by atoms with van der Waals surface area (Å²) in [6.07, 6.45) is 0.910. The topological polar surface area (TPSA) is 35.5 Å². The second-order valence-electron chi connectivity index (χ2n) is 3.26. The van der Waals surface area contributed by atoms with Crippen molar-refractivity contribution in [2.24, 2.45) is 0 Å². The quantitative estimate of drug-likeness (QED) is 0.745. The van der Waals surface area contributed by atoms with Crippen molar-refractivity contribution in [2.45, 2.75) is 19.8 Å². The molecule has 88 valence electrons. The van der Waals surface area contributed by atoms with Crippen LogP contribution in [0.3, 0.4) is 0 Å². The summed E-state index contributed by atoms with van der Waals surface area (Å²) in [5, 5.41) is 0.639. The molecule has 0 spiro atoms. The smallest absolute Gasteiger partial charge is 0.306 e. The minimum atomic E-state index is -0.204. The minimum absolute atomic E-state index is 0.204. The number of esters is 1. The van der Waals surface area contributed by atoms with Crippen LogP contribution in [0.15, 0.2) is 18.2 Å². The van der Waals surface area contributed by atoms with Gasteiger partial charge in [0, 0.05) is 11.4 Å². The molecule has 1 rings (SSSR count). The summed E-state index contributed by atoms with van der Waals surface area (Å²) in [5.74, 6) is 0.540. The van der Waals surface area contributed by atoms with E-state index in [0.717, 1.165) is 11.3 Å². The highest BCUT2D eigenvalue weighted by molar-refractivity contribution is 6.30. The van der Waals surface area contributed by atoms with E-state index in [-0.39, 0.29) is 5.97 Å². The predicted octanol–water partition coefficient (Wildman–Crippen LogP) is 2.84. The monoisotopic (exact) mass is 242 g/mol. The number of ether oxygens (including phenoxy) is 2. The molecule has 0 atom stereocenters. The molecule has 0 bridgehead atoms. The van der Waals surface area contributed by atoms with Gasteiger partial charge in [0.2, 0.25) is 0 Å². The predicted molar refractivity (Wildman–Crippen MR) is 63.0 cm³/mol. The van der Waals surface area contributed by atoms with E-state index in [9.17, 15) is 4.79 Å². The van der Waals surface area contributed by atoms with E-state index in [2.05, 4.69) is 0 Å². The van der Waals surface area contributed by atoms with Crippen molar-refractivity contribution < 1.29 is 14.3 Å². The molecule has 0 aromatic heterocycles. The van der Waals surface area contributed by atoms with Gasteiger partial charge in [-0.05, 0) is 37.1 Å². The Morgan fingerprint density at radius 1 is 1.44 bits per heavy atom. The fourth-order valence-electron chi connectivity index (χ4n) is 1.41. The summed E-state index contributed by atoms with van der Waals surface area (Å²) in [4.78, 5) is 11.2. The van der Waals surface area contributed by atoms with E-state index in [1.54, 1.807) is 32.2 Å². The zero-order valence-electron chi connectivity index (χ0n) is 9.46. The van der Waals surface area contributed by atoms with Crippen LogP contribution < -0.4 is 4.74 Å². The van der Waals surface area contributed by atoms with Gasteiger partial charge in [-0.3, -0.25) is 4.79 Å². The molecule has 0 N–H and O–H groups in total. The van der Waals surface area contributed by atoms with Crippen molar-refractivity contribution in [3.8, 4) is 5.75 Å². The van der Waals surface area contributed by atoms with E-state index < -0.39 is 0 Å². The first-order chi connectivity index (χ1) is 7.67. The Labute approximate surface area is 100 Å². The average molecular weight is 243 g/mol. The van der Waals surface area contributed by atoms with Crippen LogP contribution in [-0.4, -0.2) is 19.7 Å². The van der Waals surface area contributed by atoms with Gasteiger partial charge in [-0.25, -0.2) is 0 Å². The number of rotatable bonds is 5. The van der Waals surface area contributed by atoms with Gasteiger partial charge in [0.05, 0.1) is 13.7 Å². The Bertz CT molecular complexity index is 363. The Kier molecular flexibility index (Phi) is 5.12. The zero-order chi connectivity index (χ0) is 12.0. The highest BCUT2D eigenvalue weighted by Crippen LogP contribution is 2.23. The summed E-state index contributed by atoms with van der Waals surface area (Å²) < 4.78 is 10.0. The molecule has 0 aliphatic carbocycles. The fourth-order valence-corrected chi connectivity index (χ4v) is 1.61. The summed E-state index contributed by atoms with van der Waals surface area (Å²) in [6.45, 7) is 2.20. The highest BCUT2D eigenvalue weighted by atomic mass is 35.5. The minimum Gasteiger partial charge on any atom is -0.496 e. The van der Waals surface area contributed by atoms with Crippen LogP contribution in [-0.2, 0) is 16.0 Å². The maximum absolute atomic E-state index is 11.2. The highest BCUT2D eigenvalue weighted by Gasteiger charge is 2.07. The van der Waals surface area contributed by atoms with Crippen LogP contribution in [0, 0.1) is 0 Å². The molecule has 0 saturated heterocycles. The van der Waals surface area contributed by atoms with Gasteiger partial charge >= 0.3 is 5.97 Å². The van der Waals surface area contributed by atoms with Gasteiger partial charge in [0.15, 0.2) is 0 Å². The van der Waals surface area contributed by atoms with Crippen LogP contribution in [0.2, 0.25) is 5.02 Å². The first-order valence-corrected chi connectivity index (χ1v) is 5.53. The molecule has 1 aromatic carbocycles. The first-order valence-electron chi connectivity index (χ1n) is 5.15. The number of hydrogen-bond donors (Lipinski definition) is 0. The van der Waals surface area contributed by atoms with E-state index in [1.165, 1.54) is 0 Å². The van der Waals surface area contributed by atoms with Gasteiger partial charge in [0.1, 0.15) is 5.75 Å². The number of carbonyl (C=O) groups excluding carboxylic acids is 1. The number of aryl methyl sites for hydroxylation is 1. The molecule has 1 aromatic rings. The second kappa shape index (κ2) is 6.38. The lowest BCUT2D eigenvalue weighted by Crippen LogP contribution is -2.05. The third-order valence-electron chi connectivity index (χ3n) is 2.15.